The molecule has 11 heteroatoms. The molecular formula is C29H26F3NO6S. The second-order valence-electron chi connectivity index (χ2n) is 10.2. The monoisotopic (exact) mass is 573 g/mol. The summed E-state index contributed by atoms with van der Waals surface area (Å²) in [5.74, 6) is -0.445. The lowest BCUT2D eigenvalue weighted by molar-refractivity contribution is -0.271. The summed E-state index contributed by atoms with van der Waals surface area (Å²) in [4.78, 5) is 24.8. The Balaban J connectivity index is 1.39. The van der Waals surface area contributed by atoms with E-state index >= 15 is 0 Å². The SMILES string of the molecule is CC1(C)OCC(CCc2ccc3sc4cc(Oc5cccc(C(F)(F)F)c5)ccc4c(=O)c3c2)(NC(=O)O)CO1. The van der Waals surface area contributed by atoms with Gasteiger partial charge in [-0.15, -0.1) is 11.3 Å². The fraction of sp³-hybridized carbons (Fsp3) is 0.310. The number of halogens is 3. The summed E-state index contributed by atoms with van der Waals surface area (Å²) < 4.78 is 57.6. The first-order chi connectivity index (χ1) is 18.8. The van der Waals surface area contributed by atoms with E-state index in [-0.39, 0.29) is 24.4 Å². The standard InChI is InChI=1S/C29H26F3NO6S/c1-27(2)37-15-28(16-38-27,33-26(35)36)11-10-17-6-9-23-22(12-17)25(34)21-8-7-20(14-24(21)40-23)39-19-5-3-4-18(13-19)29(30,31)32/h3-9,12-14,33H,10-11,15-16H2,1-2H3,(H,35,36). The molecule has 0 saturated carbocycles. The van der Waals surface area contributed by atoms with E-state index in [1.165, 1.54) is 23.5 Å². The lowest BCUT2D eigenvalue weighted by Gasteiger charge is -2.43. The number of carboxylic acid groups (broad SMARTS) is 1. The third-order valence-corrected chi connectivity index (χ3v) is 7.89. The molecule has 2 heterocycles. The van der Waals surface area contributed by atoms with Crippen LogP contribution in [0.1, 0.15) is 31.4 Å². The fourth-order valence-electron chi connectivity index (χ4n) is 4.57. The van der Waals surface area contributed by atoms with Gasteiger partial charge >= 0.3 is 12.3 Å². The van der Waals surface area contributed by atoms with Crippen LogP contribution in [0.15, 0.2) is 65.5 Å². The average molecular weight is 574 g/mol. The Labute approximate surface area is 231 Å². The van der Waals surface area contributed by atoms with Crippen molar-refractivity contribution in [1.82, 2.24) is 5.32 Å². The van der Waals surface area contributed by atoms with Crippen LogP contribution in [-0.2, 0) is 22.1 Å². The number of carbonyl (C=O) groups is 1. The Morgan fingerprint density at radius 2 is 1.73 bits per heavy atom. The van der Waals surface area contributed by atoms with Gasteiger partial charge < -0.3 is 24.6 Å². The number of ether oxygens (including phenoxy) is 3. The van der Waals surface area contributed by atoms with E-state index in [0.717, 1.165) is 22.4 Å². The molecule has 0 bridgehead atoms. The maximum atomic E-state index is 13.4. The summed E-state index contributed by atoms with van der Waals surface area (Å²) in [6.45, 7) is 3.85. The number of rotatable bonds is 6. The zero-order valence-corrected chi connectivity index (χ0v) is 22.4. The number of fused-ring (bicyclic) bond motifs is 2. The molecule has 0 atom stereocenters. The van der Waals surface area contributed by atoms with Crippen LogP contribution in [0.2, 0.25) is 0 Å². The van der Waals surface area contributed by atoms with Crippen molar-refractivity contribution in [3.8, 4) is 11.5 Å². The predicted octanol–water partition coefficient (Wildman–Crippen LogP) is 6.95. The number of hydrogen-bond donors (Lipinski definition) is 2. The van der Waals surface area contributed by atoms with E-state index in [1.54, 1.807) is 32.0 Å². The number of nitrogens with one attached hydrogen (secondary N) is 1. The number of hydrogen-bond acceptors (Lipinski definition) is 6. The normalized spacial score (nSPS) is 16.6. The zero-order chi connectivity index (χ0) is 28.7. The molecule has 40 heavy (non-hydrogen) atoms. The highest BCUT2D eigenvalue weighted by Crippen LogP contribution is 2.35. The second-order valence-corrected chi connectivity index (χ2v) is 11.3. The third-order valence-electron chi connectivity index (χ3n) is 6.76. The molecule has 210 valence electrons. The van der Waals surface area contributed by atoms with Gasteiger partial charge in [0.25, 0.3) is 0 Å². The molecule has 0 aliphatic carbocycles. The second kappa shape index (κ2) is 10.4. The molecule has 7 nitrogen and oxygen atoms in total. The van der Waals surface area contributed by atoms with Crippen LogP contribution < -0.4 is 15.5 Å². The van der Waals surface area contributed by atoms with Crippen molar-refractivity contribution in [2.24, 2.45) is 0 Å². The van der Waals surface area contributed by atoms with Crippen LogP contribution in [-0.4, -0.2) is 35.7 Å². The van der Waals surface area contributed by atoms with Gasteiger partial charge in [0.05, 0.1) is 24.3 Å². The molecule has 0 radical (unpaired) electrons. The Morgan fingerprint density at radius 3 is 2.42 bits per heavy atom. The smallest absolute Gasteiger partial charge is 0.416 e. The van der Waals surface area contributed by atoms with Gasteiger partial charge in [0, 0.05) is 20.2 Å². The van der Waals surface area contributed by atoms with Gasteiger partial charge in [-0.05, 0) is 80.8 Å². The Morgan fingerprint density at radius 1 is 1.00 bits per heavy atom. The first-order valence-corrected chi connectivity index (χ1v) is 13.3. The Hall–Kier alpha value is -3.67. The molecular weight excluding hydrogens is 547 g/mol. The largest absolute Gasteiger partial charge is 0.465 e. The molecule has 1 amide bonds. The minimum atomic E-state index is -4.48. The minimum Gasteiger partial charge on any atom is -0.465 e. The van der Waals surface area contributed by atoms with Crippen LogP contribution >= 0.6 is 11.3 Å². The van der Waals surface area contributed by atoms with Crippen molar-refractivity contribution in [3.63, 3.8) is 0 Å². The number of benzene rings is 3. The van der Waals surface area contributed by atoms with E-state index in [9.17, 15) is 27.9 Å². The highest BCUT2D eigenvalue weighted by atomic mass is 32.1. The predicted molar refractivity (Wildman–Crippen MR) is 145 cm³/mol. The van der Waals surface area contributed by atoms with Gasteiger partial charge in [-0.2, -0.15) is 13.2 Å². The molecule has 1 fully saturated rings. The Bertz CT molecular complexity index is 1640. The lowest BCUT2D eigenvalue weighted by Crippen LogP contribution is -2.61. The summed E-state index contributed by atoms with van der Waals surface area (Å²) in [5.41, 5.74) is -1.05. The fourth-order valence-corrected chi connectivity index (χ4v) is 5.65. The van der Waals surface area contributed by atoms with Gasteiger partial charge in [-0.3, -0.25) is 4.79 Å². The van der Waals surface area contributed by atoms with Gasteiger partial charge in [0.2, 0.25) is 0 Å². The molecule has 4 aromatic rings. The molecule has 0 unspecified atom stereocenters. The highest BCUT2D eigenvalue weighted by Gasteiger charge is 2.41. The van der Waals surface area contributed by atoms with Crippen molar-refractivity contribution < 1.29 is 37.3 Å². The molecule has 1 saturated heterocycles. The lowest BCUT2D eigenvalue weighted by atomic mass is 9.91. The molecule has 2 N–H and O–H groups in total. The first-order valence-electron chi connectivity index (χ1n) is 12.5. The number of aryl methyl sites for hydroxylation is 1. The topological polar surface area (TPSA) is 94.1 Å². The number of alkyl halides is 3. The molecule has 5 rings (SSSR count). The third kappa shape index (κ3) is 6.06. The zero-order valence-electron chi connectivity index (χ0n) is 21.6. The number of amides is 1. The van der Waals surface area contributed by atoms with Crippen LogP contribution in [0.4, 0.5) is 18.0 Å². The van der Waals surface area contributed by atoms with E-state index in [0.29, 0.717) is 34.1 Å². The minimum absolute atomic E-state index is 0.0411. The van der Waals surface area contributed by atoms with E-state index in [4.69, 9.17) is 14.2 Å². The highest BCUT2D eigenvalue weighted by molar-refractivity contribution is 7.24. The van der Waals surface area contributed by atoms with Crippen molar-refractivity contribution in [1.29, 1.82) is 0 Å². The maximum Gasteiger partial charge on any atom is 0.416 e. The van der Waals surface area contributed by atoms with Crippen LogP contribution in [0.25, 0.3) is 20.2 Å². The quantitative estimate of drug-likeness (QED) is 0.243. The molecule has 0 spiro atoms. The van der Waals surface area contributed by atoms with Gasteiger partial charge in [0.15, 0.2) is 11.2 Å². The first kappa shape index (κ1) is 27.9. The average Bonchev–Trinajstić information content (AvgIpc) is 2.89. The van der Waals surface area contributed by atoms with Crippen LogP contribution in [0, 0.1) is 0 Å². The van der Waals surface area contributed by atoms with Gasteiger partial charge in [-0.25, -0.2) is 4.79 Å². The maximum absolute atomic E-state index is 13.4. The van der Waals surface area contributed by atoms with Crippen LogP contribution in [0.5, 0.6) is 11.5 Å². The van der Waals surface area contributed by atoms with Crippen molar-refractivity contribution >= 4 is 37.6 Å². The van der Waals surface area contributed by atoms with Gasteiger partial charge in [0.1, 0.15) is 11.5 Å². The van der Waals surface area contributed by atoms with E-state index < -0.39 is 29.2 Å². The summed E-state index contributed by atoms with van der Waals surface area (Å²) in [6, 6.07) is 14.9. The van der Waals surface area contributed by atoms with Crippen molar-refractivity contribution in [3.05, 3.63) is 82.0 Å². The van der Waals surface area contributed by atoms with Crippen molar-refractivity contribution in [2.45, 2.75) is 44.2 Å². The molecule has 1 aliphatic rings. The Kier molecular flexibility index (Phi) is 7.24. The van der Waals surface area contributed by atoms with E-state index in [2.05, 4.69) is 5.32 Å². The summed E-state index contributed by atoms with van der Waals surface area (Å²) in [7, 11) is 0. The summed E-state index contributed by atoms with van der Waals surface area (Å²) >= 11 is 1.37. The summed E-state index contributed by atoms with van der Waals surface area (Å²) in [6.07, 6.45) is -4.77. The van der Waals surface area contributed by atoms with Crippen molar-refractivity contribution in [2.75, 3.05) is 13.2 Å². The van der Waals surface area contributed by atoms with Crippen LogP contribution in [0.3, 0.4) is 0 Å². The van der Waals surface area contributed by atoms with Gasteiger partial charge in [-0.1, -0.05) is 12.1 Å². The summed E-state index contributed by atoms with van der Waals surface area (Å²) in [5, 5.41) is 12.9. The molecule has 1 aromatic heterocycles. The van der Waals surface area contributed by atoms with E-state index in [1.807, 2.05) is 18.2 Å². The molecule has 1 aliphatic heterocycles. The molecule has 3 aromatic carbocycles.